The standard InChI is InChI=1S/C20H23N5O/c1-3-9-18(16-11-5-4-6-12-16)21-19(26)14-25-23-20(22-24-25)17-13-8-7-10-15(17)2/h4-8,10-13,18H,3,9,14H2,1-2H3,(H,21,26)/t18-/m0/s1. The molecular formula is C20H23N5O. The molecule has 0 saturated heterocycles. The number of carbonyl (C=O) groups excluding carboxylic acids is 1. The van der Waals surface area contributed by atoms with E-state index in [0.717, 1.165) is 29.5 Å². The summed E-state index contributed by atoms with van der Waals surface area (Å²) in [4.78, 5) is 13.8. The van der Waals surface area contributed by atoms with Gasteiger partial charge < -0.3 is 5.32 Å². The third-order valence-corrected chi connectivity index (χ3v) is 4.24. The fraction of sp³-hybridized carbons (Fsp3) is 0.300. The van der Waals surface area contributed by atoms with Gasteiger partial charge in [-0.05, 0) is 29.7 Å². The molecule has 0 fully saturated rings. The van der Waals surface area contributed by atoms with Crippen molar-refractivity contribution in [3.05, 3.63) is 65.7 Å². The predicted molar refractivity (Wildman–Crippen MR) is 100 cm³/mol. The average Bonchev–Trinajstić information content (AvgIpc) is 3.10. The number of amides is 1. The Morgan fingerprint density at radius 2 is 1.85 bits per heavy atom. The molecule has 134 valence electrons. The van der Waals surface area contributed by atoms with Crippen molar-refractivity contribution in [3.63, 3.8) is 0 Å². The molecule has 1 aromatic heterocycles. The van der Waals surface area contributed by atoms with Crippen molar-refractivity contribution in [2.24, 2.45) is 0 Å². The number of nitrogens with one attached hydrogen (secondary N) is 1. The summed E-state index contributed by atoms with van der Waals surface area (Å²) in [5, 5.41) is 15.5. The number of rotatable bonds is 7. The number of tetrazole rings is 1. The minimum Gasteiger partial charge on any atom is -0.348 e. The molecule has 26 heavy (non-hydrogen) atoms. The average molecular weight is 349 g/mol. The van der Waals surface area contributed by atoms with Crippen LogP contribution in [0.5, 0.6) is 0 Å². The summed E-state index contributed by atoms with van der Waals surface area (Å²) in [6.45, 7) is 4.15. The van der Waals surface area contributed by atoms with Gasteiger partial charge in [-0.25, -0.2) is 0 Å². The van der Waals surface area contributed by atoms with E-state index < -0.39 is 0 Å². The van der Waals surface area contributed by atoms with Gasteiger partial charge in [0, 0.05) is 5.56 Å². The van der Waals surface area contributed by atoms with Crippen molar-refractivity contribution >= 4 is 5.91 Å². The zero-order chi connectivity index (χ0) is 18.4. The SMILES string of the molecule is CCC[C@H](NC(=O)Cn1nnc(-c2ccccc2C)n1)c1ccccc1. The van der Waals surface area contributed by atoms with Crippen molar-refractivity contribution in [1.29, 1.82) is 0 Å². The van der Waals surface area contributed by atoms with E-state index in [1.165, 1.54) is 4.80 Å². The van der Waals surface area contributed by atoms with E-state index in [-0.39, 0.29) is 18.5 Å². The van der Waals surface area contributed by atoms with E-state index in [2.05, 4.69) is 27.7 Å². The monoisotopic (exact) mass is 349 g/mol. The summed E-state index contributed by atoms with van der Waals surface area (Å²) >= 11 is 0. The lowest BCUT2D eigenvalue weighted by Gasteiger charge is -2.18. The van der Waals surface area contributed by atoms with Gasteiger partial charge in [0.25, 0.3) is 0 Å². The highest BCUT2D eigenvalue weighted by Gasteiger charge is 2.15. The molecule has 1 N–H and O–H groups in total. The number of aryl methyl sites for hydroxylation is 1. The number of nitrogens with zero attached hydrogens (tertiary/aromatic N) is 4. The van der Waals surface area contributed by atoms with Gasteiger partial charge in [-0.2, -0.15) is 4.80 Å². The van der Waals surface area contributed by atoms with Gasteiger partial charge in [-0.15, -0.1) is 10.2 Å². The summed E-state index contributed by atoms with van der Waals surface area (Å²) < 4.78 is 0. The highest BCUT2D eigenvalue weighted by atomic mass is 16.2. The first-order valence-electron chi connectivity index (χ1n) is 8.85. The Balaban J connectivity index is 1.67. The summed E-state index contributed by atoms with van der Waals surface area (Å²) in [5.74, 6) is 0.408. The van der Waals surface area contributed by atoms with Gasteiger partial charge in [-0.3, -0.25) is 4.79 Å². The number of carbonyl (C=O) groups is 1. The van der Waals surface area contributed by atoms with E-state index in [9.17, 15) is 4.79 Å². The lowest BCUT2D eigenvalue weighted by Crippen LogP contribution is -2.32. The Labute approximate surface area is 153 Å². The van der Waals surface area contributed by atoms with Crippen LogP contribution in [0, 0.1) is 6.92 Å². The minimum absolute atomic E-state index is 0.00643. The van der Waals surface area contributed by atoms with Crippen LogP contribution in [-0.4, -0.2) is 26.1 Å². The van der Waals surface area contributed by atoms with E-state index in [0.29, 0.717) is 5.82 Å². The normalized spacial score (nSPS) is 11.9. The van der Waals surface area contributed by atoms with Crippen LogP contribution in [0.2, 0.25) is 0 Å². The molecule has 0 aliphatic heterocycles. The second-order valence-corrected chi connectivity index (χ2v) is 6.28. The smallest absolute Gasteiger partial charge is 0.244 e. The first-order chi connectivity index (χ1) is 12.7. The van der Waals surface area contributed by atoms with Crippen LogP contribution in [-0.2, 0) is 11.3 Å². The van der Waals surface area contributed by atoms with Gasteiger partial charge >= 0.3 is 0 Å². The minimum atomic E-state index is -0.124. The van der Waals surface area contributed by atoms with Crippen LogP contribution in [0.3, 0.4) is 0 Å². The molecule has 0 spiro atoms. The van der Waals surface area contributed by atoms with Gasteiger partial charge in [0.05, 0.1) is 6.04 Å². The topological polar surface area (TPSA) is 72.7 Å². The van der Waals surface area contributed by atoms with Crippen molar-refractivity contribution in [3.8, 4) is 11.4 Å². The maximum absolute atomic E-state index is 12.4. The molecular weight excluding hydrogens is 326 g/mol. The molecule has 1 heterocycles. The molecule has 0 radical (unpaired) electrons. The second-order valence-electron chi connectivity index (χ2n) is 6.28. The van der Waals surface area contributed by atoms with Gasteiger partial charge in [0.15, 0.2) is 0 Å². The highest BCUT2D eigenvalue weighted by Crippen LogP contribution is 2.19. The highest BCUT2D eigenvalue weighted by molar-refractivity contribution is 5.76. The van der Waals surface area contributed by atoms with Crippen LogP contribution < -0.4 is 5.32 Å². The number of aromatic nitrogens is 4. The maximum atomic E-state index is 12.4. The fourth-order valence-electron chi connectivity index (χ4n) is 2.91. The Kier molecular flexibility index (Phi) is 5.73. The van der Waals surface area contributed by atoms with Crippen molar-refractivity contribution in [1.82, 2.24) is 25.5 Å². The first kappa shape index (κ1) is 17.8. The van der Waals surface area contributed by atoms with Crippen molar-refractivity contribution in [2.75, 3.05) is 0 Å². The Bertz CT molecular complexity index is 859. The summed E-state index contributed by atoms with van der Waals surface area (Å²) in [7, 11) is 0. The van der Waals surface area contributed by atoms with Crippen LogP contribution >= 0.6 is 0 Å². The lowest BCUT2D eigenvalue weighted by molar-refractivity contribution is -0.122. The molecule has 0 bridgehead atoms. The molecule has 3 rings (SSSR count). The van der Waals surface area contributed by atoms with Gasteiger partial charge in [-0.1, -0.05) is 67.9 Å². The van der Waals surface area contributed by atoms with E-state index in [1.54, 1.807) is 0 Å². The van der Waals surface area contributed by atoms with Crippen molar-refractivity contribution < 1.29 is 4.79 Å². The van der Waals surface area contributed by atoms with E-state index in [4.69, 9.17) is 0 Å². The van der Waals surface area contributed by atoms with Crippen LogP contribution in [0.1, 0.15) is 36.9 Å². The Morgan fingerprint density at radius 3 is 2.58 bits per heavy atom. The van der Waals surface area contributed by atoms with Crippen molar-refractivity contribution in [2.45, 2.75) is 39.3 Å². The number of hydrogen-bond donors (Lipinski definition) is 1. The van der Waals surface area contributed by atoms with Crippen LogP contribution in [0.15, 0.2) is 54.6 Å². The second kappa shape index (κ2) is 8.38. The molecule has 0 aliphatic rings. The Hall–Kier alpha value is -3.02. The summed E-state index contributed by atoms with van der Waals surface area (Å²) in [6.07, 6.45) is 1.87. The molecule has 6 nitrogen and oxygen atoms in total. The quantitative estimate of drug-likeness (QED) is 0.710. The zero-order valence-corrected chi connectivity index (χ0v) is 15.1. The third kappa shape index (κ3) is 4.33. The molecule has 3 aromatic rings. The summed E-state index contributed by atoms with van der Waals surface area (Å²) in [6, 6.07) is 17.8. The lowest BCUT2D eigenvalue weighted by atomic mass is 10.0. The number of benzene rings is 2. The zero-order valence-electron chi connectivity index (χ0n) is 15.1. The molecule has 0 unspecified atom stereocenters. The maximum Gasteiger partial charge on any atom is 0.244 e. The largest absolute Gasteiger partial charge is 0.348 e. The molecule has 0 saturated carbocycles. The van der Waals surface area contributed by atoms with E-state index in [1.807, 2.05) is 61.5 Å². The molecule has 1 atom stereocenters. The molecule has 2 aromatic carbocycles. The van der Waals surface area contributed by atoms with E-state index >= 15 is 0 Å². The summed E-state index contributed by atoms with van der Waals surface area (Å²) in [5.41, 5.74) is 3.10. The first-order valence-corrected chi connectivity index (χ1v) is 8.85. The predicted octanol–water partition coefficient (Wildman–Crippen LogP) is 3.31. The van der Waals surface area contributed by atoms with Crippen LogP contribution in [0.25, 0.3) is 11.4 Å². The molecule has 1 amide bonds. The van der Waals surface area contributed by atoms with Gasteiger partial charge in [0.2, 0.25) is 11.7 Å². The molecule has 0 aliphatic carbocycles. The fourth-order valence-corrected chi connectivity index (χ4v) is 2.91. The third-order valence-electron chi connectivity index (χ3n) is 4.24. The van der Waals surface area contributed by atoms with Crippen LogP contribution in [0.4, 0.5) is 0 Å². The molecule has 6 heteroatoms. The Morgan fingerprint density at radius 1 is 1.12 bits per heavy atom. The van der Waals surface area contributed by atoms with Gasteiger partial charge in [0.1, 0.15) is 6.54 Å². The number of hydrogen-bond acceptors (Lipinski definition) is 4.